The van der Waals surface area contributed by atoms with Crippen molar-refractivity contribution in [3.63, 3.8) is 0 Å². The summed E-state index contributed by atoms with van der Waals surface area (Å²) in [6, 6.07) is 4.93. The van der Waals surface area contributed by atoms with Gasteiger partial charge in [-0.1, -0.05) is 18.2 Å². The molecule has 5 nitrogen and oxygen atoms in total. The molecule has 5 rings (SSSR count). The van der Waals surface area contributed by atoms with Crippen LogP contribution in [-0.2, 0) is 34.8 Å². The van der Waals surface area contributed by atoms with E-state index in [4.69, 9.17) is 9.47 Å². The normalized spacial score (nSPS) is 21.2. The van der Waals surface area contributed by atoms with Gasteiger partial charge in [-0.25, -0.2) is 27.5 Å². The van der Waals surface area contributed by atoms with Crippen LogP contribution in [0, 0.1) is 12.3 Å². The van der Waals surface area contributed by atoms with Crippen molar-refractivity contribution in [2.75, 3.05) is 18.5 Å². The number of aromatic nitrogens is 2. The number of rotatable bonds is 7. The Balaban J connectivity index is 1.47. The van der Waals surface area contributed by atoms with Gasteiger partial charge in [0.1, 0.15) is 11.6 Å². The van der Waals surface area contributed by atoms with E-state index in [1.165, 1.54) is 6.07 Å². The van der Waals surface area contributed by atoms with Gasteiger partial charge in [-0.2, -0.15) is 0 Å². The minimum absolute atomic E-state index is 0.0756. The van der Waals surface area contributed by atoms with E-state index >= 15 is 0 Å². The highest BCUT2D eigenvalue weighted by molar-refractivity contribution is 5.50. The van der Waals surface area contributed by atoms with Gasteiger partial charge in [-0.15, -0.1) is 0 Å². The first-order chi connectivity index (χ1) is 15.3. The number of hydrogen-bond acceptors (Lipinski definition) is 5. The van der Waals surface area contributed by atoms with Crippen molar-refractivity contribution in [1.29, 1.82) is 0 Å². The van der Waals surface area contributed by atoms with E-state index in [9.17, 15) is 17.6 Å². The van der Waals surface area contributed by atoms with Crippen molar-refractivity contribution in [3.05, 3.63) is 52.0 Å². The Morgan fingerprint density at radius 2 is 1.88 bits per heavy atom. The van der Waals surface area contributed by atoms with Crippen LogP contribution in [0.3, 0.4) is 0 Å². The van der Waals surface area contributed by atoms with Crippen molar-refractivity contribution < 1.29 is 27.0 Å². The minimum atomic E-state index is -2.81. The van der Waals surface area contributed by atoms with E-state index in [2.05, 4.69) is 15.3 Å². The first-order valence-electron chi connectivity index (χ1n) is 10.9. The molecule has 2 heterocycles. The second kappa shape index (κ2) is 7.95. The lowest BCUT2D eigenvalue weighted by atomic mass is 9.97. The van der Waals surface area contributed by atoms with Gasteiger partial charge in [0.05, 0.1) is 24.5 Å². The molecule has 2 fully saturated rings. The molecule has 0 bridgehead atoms. The Labute approximate surface area is 183 Å². The van der Waals surface area contributed by atoms with Gasteiger partial charge in [-0.05, 0) is 37.3 Å². The number of nitrogens with zero attached hydrogens (tertiary/aromatic N) is 2. The maximum atomic E-state index is 14.1. The summed E-state index contributed by atoms with van der Waals surface area (Å²) in [5.41, 5.74) is 1.46. The van der Waals surface area contributed by atoms with Crippen molar-refractivity contribution in [2.24, 2.45) is 5.41 Å². The van der Waals surface area contributed by atoms with E-state index in [0.717, 1.165) is 5.56 Å². The maximum absolute atomic E-state index is 14.1. The number of anilines is 1. The molecule has 2 aliphatic carbocycles. The molecule has 0 spiro atoms. The third-order valence-electron chi connectivity index (χ3n) is 6.67. The Morgan fingerprint density at radius 3 is 2.56 bits per heavy atom. The summed E-state index contributed by atoms with van der Waals surface area (Å²) in [6.07, 6.45) is -2.03. The van der Waals surface area contributed by atoms with Crippen LogP contribution in [0.4, 0.5) is 23.4 Å². The van der Waals surface area contributed by atoms with E-state index in [0.29, 0.717) is 60.9 Å². The zero-order valence-corrected chi connectivity index (χ0v) is 17.8. The topological polar surface area (TPSA) is 56.3 Å². The van der Waals surface area contributed by atoms with E-state index in [-0.39, 0.29) is 24.9 Å². The van der Waals surface area contributed by atoms with Crippen LogP contribution in [0.5, 0.6) is 0 Å². The predicted molar refractivity (Wildman–Crippen MR) is 109 cm³/mol. The molecule has 1 aromatic carbocycles. The third kappa shape index (κ3) is 3.85. The van der Waals surface area contributed by atoms with Crippen molar-refractivity contribution >= 4 is 5.82 Å². The second-order valence-corrected chi connectivity index (χ2v) is 8.89. The number of nitrogens with one attached hydrogen (secondary N) is 1. The first kappa shape index (κ1) is 21.6. The summed E-state index contributed by atoms with van der Waals surface area (Å²) >= 11 is 0. The second-order valence-electron chi connectivity index (χ2n) is 8.89. The highest BCUT2D eigenvalue weighted by Crippen LogP contribution is 2.54. The molecule has 172 valence electrons. The number of aryl methyl sites for hydroxylation is 1. The molecule has 0 amide bonds. The number of ether oxygens (including phenoxy) is 2. The average Bonchev–Trinajstić information content (AvgIpc) is 3.20. The zero-order chi connectivity index (χ0) is 22.5. The van der Waals surface area contributed by atoms with Crippen molar-refractivity contribution in [2.45, 2.75) is 64.2 Å². The molecule has 1 N–H and O–H groups in total. The monoisotopic (exact) mass is 451 g/mol. The van der Waals surface area contributed by atoms with E-state index in [1.807, 2.05) is 6.07 Å². The number of benzene rings is 1. The molecule has 9 heteroatoms. The van der Waals surface area contributed by atoms with E-state index < -0.39 is 24.1 Å². The van der Waals surface area contributed by atoms with Gasteiger partial charge < -0.3 is 14.8 Å². The highest BCUT2D eigenvalue weighted by Gasteiger charge is 2.52. The van der Waals surface area contributed by atoms with Gasteiger partial charge in [0.25, 0.3) is 5.92 Å². The number of halogens is 4. The highest BCUT2D eigenvalue weighted by atomic mass is 19.3. The van der Waals surface area contributed by atoms with Crippen LogP contribution < -0.4 is 5.32 Å². The lowest BCUT2D eigenvalue weighted by Crippen LogP contribution is -2.21. The summed E-state index contributed by atoms with van der Waals surface area (Å²) in [5.74, 6) is -1.93. The quantitative estimate of drug-likeness (QED) is 0.596. The summed E-state index contributed by atoms with van der Waals surface area (Å²) < 4.78 is 67.0. The Morgan fingerprint density at radius 1 is 1.12 bits per heavy atom. The third-order valence-corrected chi connectivity index (χ3v) is 6.67. The predicted octanol–water partition coefficient (Wildman–Crippen LogP) is 5.07. The summed E-state index contributed by atoms with van der Waals surface area (Å²) in [7, 11) is 0. The van der Waals surface area contributed by atoms with Crippen LogP contribution in [0.1, 0.15) is 59.3 Å². The van der Waals surface area contributed by atoms with Gasteiger partial charge in [0.2, 0.25) is 6.43 Å². The van der Waals surface area contributed by atoms with Crippen LogP contribution in [0.25, 0.3) is 0 Å². The smallest absolute Gasteiger partial charge is 0.273 e. The lowest BCUT2D eigenvalue weighted by Gasteiger charge is -2.22. The van der Waals surface area contributed by atoms with Crippen molar-refractivity contribution in [1.82, 2.24) is 9.97 Å². The summed E-state index contributed by atoms with van der Waals surface area (Å²) in [4.78, 5) is 8.97. The molecule has 1 aliphatic heterocycles. The molecule has 1 saturated heterocycles. The molecular weight excluding hydrogens is 426 g/mol. The van der Waals surface area contributed by atoms with Gasteiger partial charge in [0, 0.05) is 30.4 Å². The van der Waals surface area contributed by atoms with Gasteiger partial charge >= 0.3 is 0 Å². The first-order valence-corrected chi connectivity index (χ1v) is 10.9. The molecule has 3 aliphatic rings. The standard InChI is InChI=1S/C23H25F4N3O2/c1-13-29-17(11-22(7-8-22)21(24)25)18(20-31-9-10-32-20)19(30-13)28-12-14-3-2-4-16-15(14)5-6-23(16,26)27/h2-4,20-21H,5-12H2,1H3,(H,28,29,30). The van der Waals surface area contributed by atoms with Crippen LogP contribution in [0.15, 0.2) is 18.2 Å². The Hall–Kier alpha value is -2.26. The molecular formula is C23H25F4N3O2. The largest absolute Gasteiger partial charge is 0.365 e. The lowest BCUT2D eigenvalue weighted by molar-refractivity contribution is -0.0452. The van der Waals surface area contributed by atoms with Crippen LogP contribution in [0.2, 0.25) is 0 Å². The van der Waals surface area contributed by atoms with Crippen LogP contribution >= 0.6 is 0 Å². The fourth-order valence-corrected chi connectivity index (χ4v) is 4.68. The zero-order valence-electron chi connectivity index (χ0n) is 17.8. The fourth-order valence-electron chi connectivity index (χ4n) is 4.68. The Bertz CT molecular complexity index is 1020. The molecule has 0 unspecified atom stereocenters. The molecule has 1 aromatic heterocycles. The Kier molecular flexibility index (Phi) is 5.36. The van der Waals surface area contributed by atoms with Gasteiger partial charge in [-0.3, -0.25) is 0 Å². The number of fused-ring (bicyclic) bond motifs is 1. The maximum Gasteiger partial charge on any atom is 0.273 e. The average molecular weight is 451 g/mol. The van der Waals surface area contributed by atoms with Crippen molar-refractivity contribution in [3.8, 4) is 0 Å². The molecule has 1 saturated carbocycles. The summed E-state index contributed by atoms with van der Waals surface area (Å²) in [6.45, 7) is 2.75. The molecule has 2 aromatic rings. The van der Waals surface area contributed by atoms with Crippen LogP contribution in [-0.4, -0.2) is 29.6 Å². The molecule has 0 radical (unpaired) electrons. The number of hydrogen-bond donors (Lipinski definition) is 1. The fraction of sp³-hybridized carbons (Fsp3) is 0.565. The SMILES string of the molecule is Cc1nc(CC2(C(F)F)CC2)c(C2OCCO2)c(NCc2cccc3c2CCC3(F)F)n1. The molecule has 32 heavy (non-hydrogen) atoms. The van der Waals surface area contributed by atoms with Gasteiger partial charge in [0.15, 0.2) is 6.29 Å². The number of alkyl halides is 4. The molecule has 0 atom stereocenters. The minimum Gasteiger partial charge on any atom is -0.365 e. The summed E-state index contributed by atoms with van der Waals surface area (Å²) in [5, 5.41) is 3.24. The van der Waals surface area contributed by atoms with E-state index in [1.54, 1.807) is 13.0 Å².